The number of benzene rings is 1. The Morgan fingerprint density at radius 3 is 2.57 bits per heavy atom. The van der Waals surface area contributed by atoms with Crippen LogP contribution in [-0.2, 0) is 9.59 Å². The number of carbonyl (C=O) groups excluding carboxylic acids is 2. The number of amides is 2. The third-order valence-corrected chi connectivity index (χ3v) is 4.90. The molecule has 5 heteroatoms. The Morgan fingerprint density at radius 1 is 1.22 bits per heavy atom. The molecule has 1 aromatic carbocycles. The van der Waals surface area contributed by atoms with Gasteiger partial charge >= 0.3 is 0 Å². The van der Waals surface area contributed by atoms with E-state index in [2.05, 4.69) is 19.2 Å². The maximum Gasteiger partial charge on any atom is 0.234 e. The minimum Gasteiger partial charge on any atom is -0.341 e. The van der Waals surface area contributed by atoms with Gasteiger partial charge in [0.05, 0.1) is 11.5 Å². The third-order valence-electron chi connectivity index (χ3n) is 3.98. The van der Waals surface area contributed by atoms with Crippen LogP contribution in [0.4, 0.5) is 5.69 Å². The van der Waals surface area contributed by atoms with Gasteiger partial charge in [-0.2, -0.15) is 0 Å². The average Bonchev–Trinajstić information content (AvgIpc) is 2.46. The Labute approximate surface area is 143 Å². The van der Waals surface area contributed by atoms with Gasteiger partial charge in [0.2, 0.25) is 11.8 Å². The molecule has 2 amide bonds. The van der Waals surface area contributed by atoms with Gasteiger partial charge in [-0.25, -0.2) is 0 Å². The Bertz CT molecular complexity index is 552. The van der Waals surface area contributed by atoms with E-state index in [1.165, 1.54) is 18.2 Å². The summed E-state index contributed by atoms with van der Waals surface area (Å²) in [6.07, 6.45) is 1.19. The van der Waals surface area contributed by atoms with Gasteiger partial charge in [0.15, 0.2) is 0 Å². The number of thioether (sulfide) groups is 1. The molecule has 0 radical (unpaired) electrons. The van der Waals surface area contributed by atoms with E-state index in [0.717, 1.165) is 24.3 Å². The van der Waals surface area contributed by atoms with Crippen LogP contribution in [-0.4, -0.2) is 41.3 Å². The van der Waals surface area contributed by atoms with E-state index in [9.17, 15) is 9.59 Å². The zero-order valence-corrected chi connectivity index (χ0v) is 15.0. The SMILES string of the molecule is Cc1cccc(NC(=O)CSCC(=O)N2CC(C)CC(C)C2)c1. The highest BCUT2D eigenvalue weighted by Crippen LogP contribution is 2.21. The molecule has 0 spiro atoms. The van der Waals surface area contributed by atoms with Crippen LogP contribution < -0.4 is 5.32 Å². The smallest absolute Gasteiger partial charge is 0.234 e. The fourth-order valence-electron chi connectivity index (χ4n) is 3.11. The van der Waals surface area contributed by atoms with Crippen molar-refractivity contribution in [2.24, 2.45) is 11.8 Å². The van der Waals surface area contributed by atoms with Gasteiger partial charge in [0, 0.05) is 18.8 Å². The molecular formula is C18H26N2O2S. The molecule has 126 valence electrons. The summed E-state index contributed by atoms with van der Waals surface area (Å²) in [7, 11) is 0. The number of likely N-dealkylation sites (tertiary alicyclic amines) is 1. The molecule has 1 N–H and O–H groups in total. The second-order valence-corrected chi connectivity index (χ2v) is 7.64. The molecule has 2 rings (SSSR count). The van der Waals surface area contributed by atoms with Gasteiger partial charge in [-0.15, -0.1) is 11.8 Å². The van der Waals surface area contributed by atoms with Crippen LogP contribution in [0, 0.1) is 18.8 Å². The standard InChI is InChI=1S/C18H26N2O2S/c1-13-5-4-6-16(8-13)19-17(21)11-23-12-18(22)20-9-14(2)7-15(3)10-20/h4-6,8,14-15H,7,9-12H2,1-3H3,(H,19,21). The number of nitrogens with one attached hydrogen (secondary N) is 1. The van der Waals surface area contributed by atoms with E-state index in [1.807, 2.05) is 36.1 Å². The van der Waals surface area contributed by atoms with Crippen LogP contribution in [0.15, 0.2) is 24.3 Å². The Balaban J connectivity index is 1.71. The molecule has 0 bridgehead atoms. The highest BCUT2D eigenvalue weighted by Gasteiger charge is 2.25. The molecule has 1 aliphatic heterocycles. The lowest BCUT2D eigenvalue weighted by molar-refractivity contribution is -0.130. The van der Waals surface area contributed by atoms with Crippen LogP contribution in [0.5, 0.6) is 0 Å². The first kappa shape index (κ1) is 17.9. The van der Waals surface area contributed by atoms with Crippen LogP contribution in [0.2, 0.25) is 0 Å². The highest BCUT2D eigenvalue weighted by atomic mass is 32.2. The summed E-state index contributed by atoms with van der Waals surface area (Å²) < 4.78 is 0. The lowest BCUT2D eigenvalue weighted by Crippen LogP contribution is -2.43. The molecule has 1 aliphatic rings. The molecule has 2 atom stereocenters. The molecule has 4 nitrogen and oxygen atoms in total. The molecule has 2 unspecified atom stereocenters. The maximum absolute atomic E-state index is 12.2. The lowest BCUT2D eigenvalue weighted by Gasteiger charge is -2.35. The summed E-state index contributed by atoms with van der Waals surface area (Å²) in [6, 6.07) is 7.71. The van der Waals surface area contributed by atoms with Crippen LogP contribution in [0.25, 0.3) is 0 Å². The van der Waals surface area contributed by atoms with Gasteiger partial charge in [0.25, 0.3) is 0 Å². The minimum atomic E-state index is -0.0613. The lowest BCUT2D eigenvalue weighted by atomic mass is 9.92. The summed E-state index contributed by atoms with van der Waals surface area (Å²) in [5.41, 5.74) is 1.92. The molecule has 1 saturated heterocycles. The Hall–Kier alpha value is -1.49. The van der Waals surface area contributed by atoms with Crippen LogP contribution in [0.1, 0.15) is 25.8 Å². The zero-order valence-electron chi connectivity index (χ0n) is 14.2. The fourth-order valence-corrected chi connectivity index (χ4v) is 3.83. The van der Waals surface area contributed by atoms with Gasteiger partial charge in [-0.3, -0.25) is 9.59 Å². The van der Waals surface area contributed by atoms with Gasteiger partial charge in [0.1, 0.15) is 0 Å². The summed E-state index contributed by atoms with van der Waals surface area (Å²) >= 11 is 1.39. The molecule has 0 aliphatic carbocycles. The first-order valence-corrected chi connectivity index (χ1v) is 9.31. The summed E-state index contributed by atoms with van der Waals surface area (Å²) in [6.45, 7) is 8.07. The molecule has 1 fully saturated rings. The topological polar surface area (TPSA) is 49.4 Å². The second-order valence-electron chi connectivity index (χ2n) is 6.66. The molecule has 1 heterocycles. The monoisotopic (exact) mass is 334 g/mol. The van der Waals surface area contributed by atoms with Crippen molar-refractivity contribution in [3.8, 4) is 0 Å². The van der Waals surface area contributed by atoms with Crippen LogP contribution >= 0.6 is 11.8 Å². The molecule has 0 saturated carbocycles. The van der Waals surface area contributed by atoms with Gasteiger partial charge < -0.3 is 10.2 Å². The van der Waals surface area contributed by atoms with Crippen molar-refractivity contribution in [2.45, 2.75) is 27.2 Å². The highest BCUT2D eigenvalue weighted by molar-refractivity contribution is 8.00. The first-order chi connectivity index (χ1) is 10.9. The normalized spacial score (nSPS) is 21.1. The van der Waals surface area contributed by atoms with Crippen LogP contribution in [0.3, 0.4) is 0 Å². The predicted octanol–water partition coefficient (Wildman–Crippen LogP) is 3.17. The van der Waals surface area contributed by atoms with Crippen molar-refractivity contribution in [1.29, 1.82) is 0 Å². The predicted molar refractivity (Wildman–Crippen MR) is 96.7 cm³/mol. The number of hydrogen-bond acceptors (Lipinski definition) is 3. The molecule has 23 heavy (non-hydrogen) atoms. The average molecular weight is 334 g/mol. The van der Waals surface area contributed by atoms with E-state index in [-0.39, 0.29) is 11.8 Å². The number of nitrogens with zero attached hydrogens (tertiary/aromatic N) is 1. The quantitative estimate of drug-likeness (QED) is 0.900. The number of rotatable bonds is 5. The summed E-state index contributed by atoms with van der Waals surface area (Å²) in [5.74, 6) is 1.90. The minimum absolute atomic E-state index is 0.0613. The number of hydrogen-bond donors (Lipinski definition) is 1. The fraction of sp³-hybridized carbons (Fsp3) is 0.556. The van der Waals surface area contributed by atoms with Gasteiger partial charge in [-0.05, 0) is 42.9 Å². The maximum atomic E-state index is 12.2. The zero-order chi connectivity index (χ0) is 16.8. The number of carbonyl (C=O) groups is 2. The number of anilines is 1. The van der Waals surface area contributed by atoms with Crippen molar-refractivity contribution in [1.82, 2.24) is 4.90 Å². The number of piperidine rings is 1. The molecular weight excluding hydrogens is 308 g/mol. The van der Waals surface area contributed by atoms with Crippen molar-refractivity contribution in [3.05, 3.63) is 29.8 Å². The van der Waals surface area contributed by atoms with E-state index >= 15 is 0 Å². The van der Waals surface area contributed by atoms with Crippen molar-refractivity contribution in [2.75, 3.05) is 29.9 Å². The van der Waals surface area contributed by atoms with E-state index in [0.29, 0.717) is 23.3 Å². The van der Waals surface area contributed by atoms with Gasteiger partial charge in [-0.1, -0.05) is 26.0 Å². The van der Waals surface area contributed by atoms with E-state index in [1.54, 1.807) is 0 Å². The van der Waals surface area contributed by atoms with Crippen molar-refractivity contribution in [3.63, 3.8) is 0 Å². The Kier molecular flexibility index (Phi) is 6.51. The van der Waals surface area contributed by atoms with Crippen molar-refractivity contribution < 1.29 is 9.59 Å². The first-order valence-electron chi connectivity index (χ1n) is 8.16. The van der Waals surface area contributed by atoms with Crippen molar-refractivity contribution >= 4 is 29.3 Å². The van der Waals surface area contributed by atoms with E-state index < -0.39 is 0 Å². The largest absolute Gasteiger partial charge is 0.341 e. The molecule has 0 aromatic heterocycles. The molecule has 1 aromatic rings. The summed E-state index contributed by atoms with van der Waals surface area (Å²) in [4.78, 5) is 26.1. The number of aryl methyl sites for hydroxylation is 1. The van der Waals surface area contributed by atoms with E-state index in [4.69, 9.17) is 0 Å². The second kappa shape index (κ2) is 8.39. The third kappa shape index (κ3) is 5.90. The summed E-state index contributed by atoms with van der Waals surface area (Å²) in [5, 5.41) is 2.87. The Morgan fingerprint density at radius 2 is 1.91 bits per heavy atom.